The first kappa shape index (κ1) is 14.8. The predicted molar refractivity (Wildman–Crippen MR) is 82.5 cm³/mol. The summed E-state index contributed by atoms with van der Waals surface area (Å²) in [6, 6.07) is 7.26. The molecular formula is C17H15ClF2N2O. The monoisotopic (exact) mass is 336 g/mol. The maximum Gasteiger partial charge on any atom is 0.213 e. The number of ether oxygens (including phenoxy) is 1. The quantitative estimate of drug-likeness (QED) is 0.927. The Bertz CT molecular complexity index is 745. The SMILES string of the molecule is Fc1cc(Cl)ccc1COc1ccc(F)c(C2C3CNCC32)n1. The molecule has 2 aliphatic rings. The molecule has 1 aliphatic heterocycles. The van der Waals surface area contributed by atoms with Crippen molar-refractivity contribution in [3.63, 3.8) is 0 Å². The van der Waals surface area contributed by atoms with Gasteiger partial charge >= 0.3 is 0 Å². The van der Waals surface area contributed by atoms with Crippen molar-refractivity contribution in [1.82, 2.24) is 10.3 Å². The smallest absolute Gasteiger partial charge is 0.213 e. The average Bonchev–Trinajstić information content (AvgIpc) is 2.99. The van der Waals surface area contributed by atoms with Crippen LogP contribution in [0.4, 0.5) is 8.78 Å². The van der Waals surface area contributed by atoms with Gasteiger partial charge in [0.2, 0.25) is 5.88 Å². The normalized spacial score (nSPS) is 25.3. The summed E-state index contributed by atoms with van der Waals surface area (Å²) < 4.78 is 33.3. The molecule has 2 aromatic rings. The molecule has 0 amide bonds. The minimum Gasteiger partial charge on any atom is -0.473 e. The Labute approximate surface area is 137 Å². The molecule has 2 heterocycles. The maximum absolute atomic E-state index is 14.0. The molecule has 1 saturated heterocycles. The van der Waals surface area contributed by atoms with Crippen LogP contribution in [0, 0.1) is 23.5 Å². The molecule has 1 aromatic heterocycles. The van der Waals surface area contributed by atoms with Gasteiger partial charge in [-0.25, -0.2) is 13.8 Å². The Hall–Kier alpha value is -1.72. The van der Waals surface area contributed by atoms with Gasteiger partial charge in [-0.05, 0) is 43.1 Å². The van der Waals surface area contributed by atoms with Gasteiger partial charge in [-0.3, -0.25) is 0 Å². The van der Waals surface area contributed by atoms with Crippen molar-refractivity contribution in [2.75, 3.05) is 13.1 Å². The number of piperidine rings is 1. The van der Waals surface area contributed by atoms with Crippen molar-refractivity contribution in [3.8, 4) is 5.88 Å². The Balaban J connectivity index is 1.49. The Morgan fingerprint density at radius 1 is 1.13 bits per heavy atom. The molecule has 0 radical (unpaired) electrons. The third kappa shape index (κ3) is 2.79. The van der Waals surface area contributed by atoms with E-state index in [9.17, 15) is 8.78 Å². The minimum atomic E-state index is -0.428. The Morgan fingerprint density at radius 3 is 2.65 bits per heavy atom. The molecule has 1 aromatic carbocycles. The number of nitrogens with one attached hydrogen (secondary N) is 1. The molecule has 6 heteroatoms. The van der Waals surface area contributed by atoms with Crippen LogP contribution in [0.2, 0.25) is 5.02 Å². The fraction of sp³-hybridized carbons (Fsp3) is 0.353. The predicted octanol–water partition coefficient (Wildman–Crippen LogP) is 3.53. The van der Waals surface area contributed by atoms with Gasteiger partial charge in [-0.1, -0.05) is 17.7 Å². The number of fused-ring (bicyclic) bond motifs is 1. The number of nitrogens with zero attached hydrogens (tertiary/aromatic N) is 1. The van der Waals surface area contributed by atoms with E-state index in [4.69, 9.17) is 16.3 Å². The summed E-state index contributed by atoms with van der Waals surface area (Å²) in [5, 5.41) is 3.61. The molecule has 1 saturated carbocycles. The Kier molecular flexibility index (Phi) is 3.70. The van der Waals surface area contributed by atoms with Crippen LogP contribution in [-0.4, -0.2) is 18.1 Å². The lowest BCUT2D eigenvalue weighted by Gasteiger charge is -2.10. The van der Waals surface area contributed by atoms with E-state index in [0.717, 1.165) is 13.1 Å². The molecule has 1 aliphatic carbocycles. The summed E-state index contributed by atoms with van der Waals surface area (Å²) in [6.07, 6.45) is 0. The van der Waals surface area contributed by atoms with Crippen molar-refractivity contribution >= 4 is 11.6 Å². The van der Waals surface area contributed by atoms with Gasteiger partial charge in [0.1, 0.15) is 18.2 Å². The first-order valence-electron chi connectivity index (χ1n) is 7.57. The number of aromatic nitrogens is 1. The zero-order valence-electron chi connectivity index (χ0n) is 12.2. The molecule has 0 spiro atoms. The fourth-order valence-electron chi connectivity index (χ4n) is 3.37. The van der Waals surface area contributed by atoms with Gasteiger partial charge in [0.15, 0.2) is 0 Å². The van der Waals surface area contributed by atoms with E-state index in [1.54, 1.807) is 12.1 Å². The zero-order chi connectivity index (χ0) is 16.0. The first-order valence-corrected chi connectivity index (χ1v) is 7.95. The molecule has 4 rings (SSSR count). The molecule has 23 heavy (non-hydrogen) atoms. The van der Waals surface area contributed by atoms with Crippen LogP contribution >= 0.6 is 11.6 Å². The lowest BCUT2D eigenvalue weighted by molar-refractivity contribution is 0.286. The summed E-state index contributed by atoms with van der Waals surface area (Å²) in [5.41, 5.74) is 0.852. The highest BCUT2D eigenvalue weighted by Crippen LogP contribution is 2.55. The van der Waals surface area contributed by atoms with Crippen LogP contribution < -0.4 is 10.1 Å². The zero-order valence-corrected chi connectivity index (χ0v) is 13.0. The van der Waals surface area contributed by atoms with Gasteiger partial charge in [0.25, 0.3) is 0 Å². The molecule has 0 bridgehead atoms. The number of benzene rings is 1. The van der Waals surface area contributed by atoms with Gasteiger partial charge in [-0.15, -0.1) is 0 Å². The van der Waals surface area contributed by atoms with Crippen LogP contribution in [0.15, 0.2) is 30.3 Å². The van der Waals surface area contributed by atoms with E-state index in [1.807, 2.05) is 0 Å². The molecular weight excluding hydrogens is 322 g/mol. The third-order valence-corrected chi connectivity index (χ3v) is 4.88. The molecule has 2 atom stereocenters. The lowest BCUT2D eigenvalue weighted by atomic mass is 10.1. The van der Waals surface area contributed by atoms with Crippen LogP contribution in [-0.2, 0) is 6.61 Å². The summed E-state index contributed by atoms with van der Waals surface area (Å²) in [7, 11) is 0. The van der Waals surface area contributed by atoms with Gasteiger partial charge in [0.05, 0.1) is 5.69 Å². The average molecular weight is 337 g/mol. The minimum absolute atomic E-state index is 0.0279. The summed E-state index contributed by atoms with van der Waals surface area (Å²) >= 11 is 5.72. The van der Waals surface area contributed by atoms with Crippen LogP contribution in [0.5, 0.6) is 5.88 Å². The topological polar surface area (TPSA) is 34.1 Å². The maximum atomic E-state index is 14.0. The molecule has 2 fully saturated rings. The molecule has 3 nitrogen and oxygen atoms in total. The largest absolute Gasteiger partial charge is 0.473 e. The second-order valence-electron chi connectivity index (χ2n) is 6.05. The van der Waals surface area contributed by atoms with E-state index >= 15 is 0 Å². The number of hydrogen-bond acceptors (Lipinski definition) is 3. The van der Waals surface area contributed by atoms with Crippen molar-refractivity contribution in [2.24, 2.45) is 11.8 Å². The van der Waals surface area contributed by atoms with Gasteiger partial charge < -0.3 is 10.1 Å². The van der Waals surface area contributed by atoms with Crippen LogP contribution in [0.3, 0.4) is 0 Å². The number of hydrogen-bond donors (Lipinski definition) is 1. The standard InChI is InChI=1S/C17H15ClF2N2O/c18-10-2-1-9(14(20)5-10)8-23-15-4-3-13(19)17(22-15)16-11-6-21-7-12(11)16/h1-5,11-12,16,21H,6-8H2. The summed E-state index contributed by atoms with van der Waals surface area (Å²) in [4.78, 5) is 4.31. The second kappa shape index (κ2) is 5.73. The highest BCUT2D eigenvalue weighted by atomic mass is 35.5. The number of halogens is 3. The van der Waals surface area contributed by atoms with E-state index in [1.165, 1.54) is 18.2 Å². The van der Waals surface area contributed by atoms with Crippen molar-refractivity contribution in [1.29, 1.82) is 0 Å². The summed E-state index contributed by atoms with van der Waals surface area (Å²) in [5.74, 6) is 0.708. The summed E-state index contributed by atoms with van der Waals surface area (Å²) in [6.45, 7) is 1.86. The highest BCUT2D eigenvalue weighted by Gasteiger charge is 2.55. The van der Waals surface area contributed by atoms with E-state index < -0.39 is 5.82 Å². The van der Waals surface area contributed by atoms with E-state index in [0.29, 0.717) is 34.0 Å². The Morgan fingerprint density at radius 2 is 1.91 bits per heavy atom. The third-order valence-electron chi connectivity index (χ3n) is 4.65. The molecule has 120 valence electrons. The van der Waals surface area contributed by atoms with Crippen molar-refractivity contribution in [3.05, 3.63) is 58.2 Å². The first-order chi connectivity index (χ1) is 11.1. The van der Waals surface area contributed by atoms with Gasteiger partial charge in [-0.2, -0.15) is 0 Å². The number of pyridine rings is 1. The fourth-order valence-corrected chi connectivity index (χ4v) is 3.53. The lowest BCUT2D eigenvalue weighted by Crippen LogP contribution is -2.15. The van der Waals surface area contributed by atoms with E-state index in [-0.39, 0.29) is 18.3 Å². The van der Waals surface area contributed by atoms with E-state index in [2.05, 4.69) is 10.3 Å². The van der Waals surface area contributed by atoms with Gasteiger partial charge in [0, 0.05) is 22.6 Å². The van der Waals surface area contributed by atoms with Crippen molar-refractivity contribution in [2.45, 2.75) is 12.5 Å². The van der Waals surface area contributed by atoms with Crippen LogP contribution in [0.25, 0.3) is 0 Å². The molecule has 1 N–H and O–H groups in total. The highest BCUT2D eigenvalue weighted by molar-refractivity contribution is 6.30. The molecule has 2 unspecified atom stereocenters. The number of rotatable bonds is 4. The van der Waals surface area contributed by atoms with Crippen LogP contribution in [0.1, 0.15) is 17.2 Å². The van der Waals surface area contributed by atoms with Crippen molar-refractivity contribution < 1.29 is 13.5 Å². The second-order valence-corrected chi connectivity index (χ2v) is 6.49.